The summed E-state index contributed by atoms with van der Waals surface area (Å²) in [5.74, 6) is -3.61. The number of imide groups is 2. The molecule has 168 valence electrons. The molecule has 5 rings (SSSR count). The maximum atomic E-state index is 13.0. The summed E-state index contributed by atoms with van der Waals surface area (Å²) in [6, 6.07) is 3.41. The number of hydrogen-bond donors (Lipinski definition) is 2. The lowest BCUT2D eigenvalue weighted by atomic mass is 9.91. The van der Waals surface area contributed by atoms with Gasteiger partial charge in [0.05, 0.1) is 29.3 Å². The molecule has 1 aliphatic carbocycles. The maximum Gasteiger partial charge on any atom is 0.306 e. The lowest BCUT2D eigenvalue weighted by molar-refractivity contribution is -0.142. The highest BCUT2D eigenvalue weighted by Gasteiger charge is 2.44. The number of carbonyl (C=O) groups is 5. The van der Waals surface area contributed by atoms with E-state index in [9.17, 15) is 29.1 Å². The van der Waals surface area contributed by atoms with E-state index in [1.54, 1.807) is 16.9 Å². The summed E-state index contributed by atoms with van der Waals surface area (Å²) in [6.07, 6.45) is 6.38. The number of benzene rings is 1. The summed E-state index contributed by atoms with van der Waals surface area (Å²) < 4.78 is 1.58. The van der Waals surface area contributed by atoms with Crippen molar-refractivity contribution in [1.29, 1.82) is 0 Å². The fourth-order valence-electron chi connectivity index (χ4n) is 4.47. The van der Waals surface area contributed by atoms with E-state index in [0.717, 1.165) is 4.90 Å². The third-order valence-corrected chi connectivity index (χ3v) is 6.24. The van der Waals surface area contributed by atoms with E-state index in [-0.39, 0.29) is 30.0 Å². The molecule has 0 bridgehead atoms. The first-order valence-electron chi connectivity index (χ1n) is 10.5. The van der Waals surface area contributed by atoms with Gasteiger partial charge >= 0.3 is 5.97 Å². The highest BCUT2D eigenvalue weighted by Crippen LogP contribution is 2.32. The van der Waals surface area contributed by atoms with Crippen molar-refractivity contribution in [2.24, 2.45) is 5.92 Å². The molecule has 33 heavy (non-hydrogen) atoms. The number of rotatable bonds is 4. The second-order valence-electron chi connectivity index (χ2n) is 8.29. The molecule has 1 unspecified atom stereocenters. The number of carboxylic acid groups (broad SMARTS) is 1. The first kappa shape index (κ1) is 20.7. The van der Waals surface area contributed by atoms with E-state index in [1.165, 1.54) is 12.1 Å². The van der Waals surface area contributed by atoms with E-state index < -0.39 is 41.6 Å². The Morgan fingerprint density at radius 2 is 1.91 bits per heavy atom. The van der Waals surface area contributed by atoms with Crippen LogP contribution in [0.3, 0.4) is 0 Å². The predicted octanol–water partition coefficient (Wildman–Crippen LogP) is 0.938. The number of nitrogens with one attached hydrogen (secondary N) is 1. The highest BCUT2D eigenvalue weighted by atomic mass is 16.4. The number of fused-ring (bicyclic) bond motifs is 1. The average Bonchev–Trinajstić information content (AvgIpc) is 3.38. The van der Waals surface area contributed by atoms with E-state index in [2.05, 4.69) is 15.6 Å². The monoisotopic (exact) mass is 449 g/mol. The van der Waals surface area contributed by atoms with Crippen LogP contribution in [0.5, 0.6) is 0 Å². The molecular formula is C22H19N5O6. The van der Waals surface area contributed by atoms with Gasteiger partial charge in [0.25, 0.3) is 11.8 Å². The van der Waals surface area contributed by atoms with Crippen molar-refractivity contribution < 1.29 is 29.1 Å². The molecule has 3 heterocycles. The molecule has 1 aromatic carbocycles. The molecule has 3 aliphatic rings. The number of carbonyl (C=O) groups excluding carboxylic acids is 4. The molecule has 11 nitrogen and oxygen atoms in total. The Morgan fingerprint density at radius 1 is 1.12 bits per heavy atom. The molecule has 0 spiro atoms. The minimum atomic E-state index is -1.03. The molecule has 3 atom stereocenters. The van der Waals surface area contributed by atoms with Crippen molar-refractivity contribution >= 4 is 29.6 Å². The number of aliphatic carboxylic acids is 1. The van der Waals surface area contributed by atoms with E-state index in [4.69, 9.17) is 0 Å². The minimum Gasteiger partial charge on any atom is -0.481 e. The zero-order valence-corrected chi connectivity index (χ0v) is 17.3. The van der Waals surface area contributed by atoms with Crippen LogP contribution in [0.4, 0.5) is 0 Å². The Hall–Kier alpha value is -4.15. The fourth-order valence-corrected chi connectivity index (χ4v) is 4.47. The molecule has 1 fully saturated rings. The van der Waals surface area contributed by atoms with Gasteiger partial charge in [-0.1, -0.05) is 23.4 Å². The molecule has 11 heteroatoms. The van der Waals surface area contributed by atoms with Crippen LogP contribution in [0.15, 0.2) is 36.5 Å². The lowest BCUT2D eigenvalue weighted by Gasteiger charge is -2.27. The molecule has 1 saturated heterocycles. The van der Waals surface area contributed by atoms with Crippen molar-refractivity contribution in [2.45, 2.75) is 37.8 Å². The Balaban J connectivity index is 1.40. The second-order valence-corrected chi connectivity index (χ2v) is 8.29. The zero-order valence-electron chi connectivity index (χ0n) is 17.3. The van der Waals surface area contributed by atoms with Crippen LogP contribution in [0, 0.1) is 5.92 Å². The molecule has 0 saturated carbocycles. The number of aromatic nitrogens is 3. The van der Waals surface area contributed by atoms with Crippen LogP contribution < -0.4 is 5.32 Å². The maximum absolute atomic E-state index is 13.0. The number of amides is 4. The molecule has 4 amide bonds. The Kier molecular flexibility index (Phi) is 4.88. The van der Waals surface area contributed by atoms with Crippen molar-refractivity contribution in [2.75, 3.05) is 0 Å². The standard InChI is InChI=1S/C22H19N5O6/c28-18-7-6-17(19(29)23-18)27-20(30)14-5-4-11(9-15(14)21(27)31)16-10-26(25-24-16)13-3-1-2-12(8-13)22(32)33/h1,3-5,9-10,12-13,17H,2,6-8H2,(H,32,33)(H,23,28,29)/t12-,13-,17?/m1/s1. The molecule has 2 aliphatic heterocycles. The van der Waals surface area contributed by atoms with Crippen molar-refractivity contribution in [3.63, 3.8) is 0 Å². The summed E-state index contributed by atoms with van der Waals surface area (Å²) in [5, 5.41) is 19.7. The quantitative estimate of drug-likeness (QED) is 0.517. The molecular weight excluding hydrogens is 430 g/mol. The average molecular weight is 449 g/mol. The summed E-state index contributed by atoms with van der Waals surface area (Å²) in [6.45, 7) is 0. The smallest absolute Gasteiger partial charge is 0.306 e. The highest BCUT2D eigenvalue weighted by molar-refractivity contribution is 6.23. The second kappa shape index (κ2) is 7.76. The van der Waals surface area contributed by atoms with Gasteiger partial charge < -0.3 is 5.11 Å². The van der Waals surface area contributed by atoms with Crippen LogP contribution in [0.1, 0.15) is 52.4 Å². The molecule has 0 radical (unpaired) electrons. The van der Waals surface area contributed by atoms with Gasteiger partial charge in [0.15, 0.2) is 0 Å². The van der Waals surface area contributed by atoms with E-state index >= 15 is 0 Å². The number of allylic oxidation sites excluding steroid dienone is 2. The first-order valence-corrected chi connectivity index (χ1v) is 10.5. The molecule has 2 N–H and O–H groups in total. The van der Waals surface area contributed by atoms with Gasteiger partial charge in [-0.15, -0.1) is 5.10 Å². The third kappa shape index (κ3) is 3.51. The number of carboxylic acids is 1. The fraction of sp³-hybridized carbons (Fsp3) is 0.318. The van der Waals surface area contributed by atoms with Crippen molar-refractivity contribution in [3.8, 4) is 11.3 Å². The predicted molar refractivity (Wildman–Crippen MR) is 111 cm³/mol. The van der Waals surface area contributed by atoms with Gasteiger partial charge in [-0.2, -0.15) is 0 Å². The Morgan fingerprint density at radius 3 is 2.67 bits per heavy atom. The van der Waals surface area contributed by atoms with Crippen molar-refractivity contribution in [3.05, 3.63) is 47.7 Å². The van der Waals surface area contributed by atoms with Gasteiger partial charge in [-0.25, -0.2) is 4.68 Å². The zero-order chi connectivity index (χ0) is 23.3. The van der Waals surface area contributed by atoms with E-state index in [1.807, 2.05) is 12.2 Å². The van der Waals surface area contributed by atoms with Crippen molar-refractivity contribution in [1.82, 2.24) is 25.2 Å². The summed E-state index contributed by atoms with van der Waals surface area (Å²) in [5.41, 5.74) is 1.35. The minimum absolute atomic E-state index is 0.0521. The first-order chi connectivity index (χ1) is 15.8. The SMILES string of the molecule is O=C1CCC(N2C(=O)c3ccc(-c4cn([C@@H]5C=CC[C@@H](C(=O)O)C5)nn4)cc3C2=O)C(=O)N1. The van der Waals surface area contributed by atoms with Crippen LogP contribution >= 0.6 is 0 Å². The third-order valence-electron chi connectivity index (χ3n) is 6.24. The normalized spacial score (nSPS) is 24.7. The Labute approximate surface area is 187 Å². The lowest BCUT2D eigenvalue weighted by Crippen LogP contribution is -2.54. The number of nitrogens with zero attached hydrogens (tertiary/aromatic N) is 4. The number of piperidine rings is 1. The van der Waals surface area contributed by atoms with Gasteiger partial charge in [-0.3, -0.25) is 34.2 Å². The summed E-state index contributed by atoms with van der Waals surface area (Å²) in [7, 11) is 0. The van der Waals surface area contributed by atoms with Crippen LogP contribution in [-0.4, -0.2) is 60.6 Å². The molecule has 1 aromatic heterocycles. The Bertz CT molecular complexity index is 1250. The van der Waals surface area contributed by atoms with Gasteiger partial charge in [-0.05, 0) is 31.4 Å². The van der Waals surface area contributed by atoms with Gasteiger partial charge in [0.1, 0.15) is 11.7 Å². The summed E-state index contributed by atoms with van der Waals surface area (Å²) in [4.78, 5) is 61.7. The van der Waals surface area contributed by atoms with Crippen LogP contribution in [0.25, 0.3) is 11.3 Å². The van der Waals surface area contributed by atoms with Gasteiger partial charge in [0, 0.05) is 12.0 Å². The van der Waals surface area contributed by atoms with Crippen LogP contribution in [-0.2, 0) is 14.4 Å². The summed E-state index contributed by atoms with van der Waals surface area (Å²) >= 11 is 0. The largest absolute Gasteiger partial charge is 0.481 e. The molecule has 2 aromatic rings. The van der Waals surface area contributed by atoms with Gasteiger partial charge in [0.2, 0.25) is 11.8 Å². The van der Waals surface area contributed by atoms with Crippen LogP contribution in [0.2, 0.25) is 0 Å². The topological polar surface area (TPSA) is 152 Å². The van der Waals surface area contributed by atoms with E-state index in [0.29, 0.717) is 24.1 Å². The number of hydrogen-bond acceptors (Lipinski definition) is 7.